The summed E-state index contributed by atoms with van der Waals surface area (Å²) in [6.45, 7) is 5.77. The van der Waals surface area contributed by atoms with E-state index in [2.05, 4.69) is 10.2 Å². The quantitative estimate of drug-likeness (QED) is 0.906. The minimum Gasteiger partial charge on any atom is -0.335 e. The number of amides is 1. The first kappa shape index (κ1) is 17.2. The van der Waals surface area contributed by atoms with E-state index in [-0.39, 0.29) is 24.1 Å². The third-order valence-corrected chi connectivity index (χ3v) is 4.99. The normalized spacial score (nSPS) is 24.6. The number of carbonyl (C=O) groups excluding carboxylic acids is 1. The first-order chi connectivity index (χ1) is 10.00. The average molecular weight is 327 g/mol. The lowest BCUT2D eigenvalue weighted by atomic mass is 9.82. The largest absolute Gasteiger partial charge is 0.335 e. The Kier molecular flexibility index (Phi) is 5.13. The molecule has 2 aliphatic rings. The van der Waals surface area contributed by atoms with E-state index in [1.165, 1.54) is 12.1 Å². The van der Waals surface area contributed by atoms with Crippen molar-refractivity contribution in [1.82, 2.24) is 10.2 Å². The molecule has 3 nitrogen and oxygen atoms in total. The third kappa shape index (κ3) is 2.99. The van der Waals surface area contributed by atoms with Gasteiger partial charge in [-0.3, -0.25) is 4.79 Å². The lowest BCUT2D eigenvalue weighted by molar-refractivity contribution is -0.139. The Hall–Kier alpha value is -1.13. The molecule has 2 bridgehead atoms. The van der Waals surface area contributed by atoms with Crippen LogP contribution in [0, 0.1) is 5.82 Å². The van der Waals surface area contributed by atoms with E-state index in [4.69, 9.17) is 0 Å². The zero-order chi connectivity index (χ0) is 15.0. The minimum absolute atomic E-state index is 0. The van der Waals surface area contributed by atoms with E-state index in [0.717, 1.165) is 37.9 Å². The van der Waals surface area contributed by atoms with Crippen LogP contribution in [0.5, 0.6) is 0 Å². The smallest absolute Gasteiger partial charge is 0.233 e. The van der Waals surface area contributed by atoms with Crippen LogP contribution in [0.4, 0.5) is 4.39 Å². The highest BCUT2D eigenvalue weighted by Crippen LogP contribution is 2.34. The van der Waals surface area contributed by atoms with Crippen LogP contribution in [-0.2, 0) is 10.2 Å². The summed E-state index contributed by atoms with van der Waals surface area (Å²) in [6, 6.07) is 6.99. The molecule has 1 amide bonds. The summed E-state index contributed by atoms with van der Waals surface area (Å²) in [6.07, 6.45) is 3.22. The van der Waals surface area contributed by atoms with Crippen molar-refractivity contribution in [2.75, 3.05) is 13.1 Å². The summed E-state index contributed by atoms with van der Waals surface area (Å²) >= 11 is 0. The highest BCUT2D eigenvalue weighted by atomic mass is 35.5. The van der Waals surface area contributed by atoms with Gasteiger partial charge in [0.15, 0.2) is 0 Å². The number of halogens is 2. The minimum atomic E-state index is -0.612. The summed E-state index contributed by atoms with van der Waals surface area (Å²) in [5.41, 5.74) is 0.268. The van der Waals surface area contributed by atoms with Crippen LogP contribution in [0.1, 0.15) is 38.7 Å². The van der Waals surface area contributed by atoms with E-state index >= 15 is 0 Å². The molecular weight excluding hydrogens is 303 g/mol. The van der Waals surface area contributed by atoms with Crippen LogP contribution < -0.4 is 5.32 Å². The average Bonchev–Trinajstić information content (AvgIpc) is 2.71. The molecule has 3 rings (SSSR count). The number of hydrogen-bond donors (Lipinski definition) is 1. The van der Waals surface area contributed by atoms with Gasteiger partial charge in [-0.2, -0.15) is 0 Å². The molecule has 0 aliphatic carbocycles. The van der Waals surface area contributed by atoms with Gasteiger partial charge in [-0.1, -0.05) is 12.1 Å². The van der Waals surface area contributed by atoms with Gasteiger partial charge in [0.05, 0.1) is 5.41 Å². The Morgan fingerprint density at radius 3 is 2.50 bits per heavy atom. The van der Waals surface area contributed by atoms with Gasteiger partial charge < -0.3 is 10.2 Å². The summed E-state index contributed by atoms with van der Waals surface area (Å²) < 4.78 is 13.1. The first-order valence-corrected chi connectivity index (χ1v) is 7.79. The predicted molar refractivity (Wildman–Crippen MR) is 87.8 cm³/mol. The van der Waals surface area contributed by atoms with Crippen molar-refractivity contribution in [2.45, 2.75) is 50.6 Å². The van der Waals surface area contributed by atoms with E-state index in [1.807, 2.05) is 13.8 Å². The van der Waals surface area contributed by atoms with Crippen molar-refractivity contribution >= 4 is 18.3 Å². The molecule has 2 aliphatic heterocycles. The second-order valence-corrected chi connectivity index (χ2v) is 6.72. The lowest BCUT2D eigenvalue weighted by Crippen LogP contribution is -2.50. The number of rotatable bonds is 2. The first-order valence-electron chi connectivity index (χ1n) is 7.79. The van der Waals surface area contributed by atoms with Crippen LogP contribution in [-0.4, -0.2) is 36.0 Å². The van der Waals surface area contributed by atoms with Crippen molar-refractivity contribution in [1.29, 1.82) is 0 Å². The summed E-state index contributed by atoms with van der Waals surface area (Å²) in [7, 11) is 0. The molecule has 2 unspecified atom stereocenters. The topological polar surface area (TPSA) is 32.3 Å². The maximum absolute atomic E-state index is 13.1. The summed E-state index contributed by atoms with van der Waals surface area (Å²) in [5, 5.41) is 3.42. The van der Waals surface area contributed by atoms with Gasteiger partial charge in [0.2, 0.25) is 5.91 Å². The van der Waals surface area contributed by atoms with Gasteiger partial charge in [0.25, 0.3) is 0 Å². The Balaban J connectivity index is 0.00000176. The highest BCUT2D eigenvalue weighted by Gasteiger charge is 2.43. The summed E-state index contributed by atoms with van der Waals surface area (Å²) in [5.74, 6) is -0.0913. The van der Waals surface area contributed by atoms with Crippen molar-refractivity contribution in [3.8, 4) is 0 Å². The van der Waals surface area contributed by atoms with Crippen LogP contribution >= 0.6 is 12.4 Å². The predicted octanol–water partition coefficient (Wildman–Crippen LogP) is 2.88. The molecule has 22 heavy (non-hydrogen) atoms. The Bertz CT molecular complexity index is 518. The number of nitrogens with one attached hydrogen (secondary N) is 1. The fourth-order valence-electron chi connectivity index (χ4n) is 3.63. The van der Waals surface area contributed by atoms with Crippen molar-refractivity contribution in [3.63, 3.8) is 0 Å². The van der Waals surface area contributed by atoms with Crippen molar-refractivity contribution in [2.24, 2.45) is 0 Å². The molecule has 1 aromatic rings. The Morgan fingerprint density at radius 1 is 1.18 bits per heavy atom. The third-order valence-electron chi connectivity index (χ3n) is 4.99. The van der Waals surface area contributed by atoms with Crippen molar-refractivity contribution in [3.05, 3.63) is 35.6 Å². The van der Waals surface area contributed by atoms with Crippen LogP contribution in [0.2, 0.25) is 0 Å². The zero-order valence-electron chi connectivity index (χ0n) is 13.1. The van der Waals surface area contributed by atoms with Crippen molar-refractivity contribution < 1.29 is 9.18 Å². The molecule has 1 aromatic carbocycles. The molecule has 0 radical (unpaired) electrons. The molecule has 0 aromatic heterocycles. The molecule has 5 heteroatoms. The molecule has 2 heterocycles. The molecule has 0 spiro atoms. The SMILES string of the molecule is CC(C)(C(=O)N1C2CCNCC1CC2)c1ccc(F)cc1.Cl. The van der Waals surface area contributed by atoms with Gasteiger partial charge in [-0.15, -0.1) is 12.4 Å². The van der Waals surface area contributed by atoms with Crippen LogP contribution in [0.15, 0.2) is 24.3 Å². The number of carbonyl (C=O) groups is 1. The molecule has 1 N–H and O–H groups in total. The fourth-order valence-corrected chi connectivity index (χ4v) is 3.63. The van der Waals surface area contributed by atoms with Crippen LogP contribution in [0.3, 0.4) is 0 Å². The van der Waals surface area contributed by atoms with Gasteiger partial charge >= 0.3 is 0 Å². The molecular formula is C17H24ClFN2O. The molecule has 2 saturated heterocycles. The van der Waals surface area contributed by atoms with Gasteiger partial charge in [0, 0.05) is 18.6 Å². The summed E-state index contributed by atoms with van der Waals surface area (Å²) in [4.78, 5) is 15.2. The second-order valence-electron chi connectivity index (χ2n) is 6.72. The van der Waals surface area contributed by atoms with E-state index < -0.39 is 5.41 Å². The number of fused-ring (bicyclic) bond motifs is 2. The van der Waals surface area contributed by atoms with Gasteiger partial charge in [0.1, 0.15) is 5.82 Å². The molecule has 122 valence electrons. The second kappa shape index (κ2) is 6.55. The number of benzene rings is 1. The maximum Gasteiger partial charge on any atom is 0.233 e. The molecule has 2 fully saturated rings. The number of nitrogens with zero attached hydrogens (tertiary/aromatic N) is 1. The lowest BCUT2D eigenvalue weighted by Gasteiger charge is -2.36. The van der Waals surface area contributed by atoms with E-state index in [0.29, 0.717) is 12.1 Å². The van der Waals surface area contributed by atoms with Crippen LogP contribution in [0.25, 0.3) is 0 Å². The van der Waals surface area contributed by atoms with E-state index in [9.17, 15) is 9.18 Å². The Labute approximate surface area is 137 Å². The zero-order valence-corrected chi connectivity index (χ0v) is 14.0. The van der Waals surface area contributed by atoms with E-state index in [1.54, 1.807) is 12.1 Å². The molecule has 2 atom stereocenters. The highest BCUT2D eigenvalue weighted by molar-refractivity contribution is 5.88. The Morgan fingerprint density at radius 2 is 1.82 bits per heavy atom. The standard InChI is InChI=1S/C17H23FN2O.ClH/c1-17(2,12-3-5-13(18)6-4-12)16(21)20-14-7-8-15(20)11-19-10-9-14;/h3-6,14-15,19H,7-11H2,1-2H3;1H. The van der Waals surface area contributed by atoms with Gasteiger partial charge in [-0.25, -0.2) is 4.39 Å². The molecule has 0 saturated carbocycles. The fraction of sp³-hybridized carbons (Fsp3) is 0.588. The number of hydrogen-bond acceptors (Lipinski definition) is 2. The van der Waals surface area contributed by atoms with Gasteiger partial charge in [-0.05, 0) is 57.4 Å². The maximum atomic E-state index is 13.1. The monoisotopic (exact) mass is 326 g/mol.